The van der Waals surface area contributed by atoms with E-state index in [1.807, 2.05) is 13.0 Å². The largest absolute Gasteiger partial charge is 0.493 e. The molecule has 0 spiro atoms. The number of hydrogen-bond acceptors (Lipinski definition) is 5. The van der Waals surface area contributed by atoms with E-state index in [4.69, 9.17) is 14.2 Å². The molecule has 0 fully saturated rings. The van der Waals surface area contributed by atoms with Crippen molar-refractivity contribution < 1.29 is 23.8 Å². The van der Waals surface area contributed by atoms with Gasteiger partial charge < -0.3 is 19.5 Å². The molecule has 1 N–H and O–H groups in total. The Balaban J connectivity index is 1.92. The third-order valence-electron chi connectivity index (χ3n) is 3.86. The number of para-hydroxylation sites is 2. The molecule has 1 amide bonds. The van der Waals surface area contributed by atoms with Crippen LogP contribution in [0.1, 0.15) is 37.0 Å². The lowest BCUT2D eigenvalue weighted by Gasteiger charge is -2.16. The number of rotatable bonds is 9. The number of unbranched alkanes of at least 4 members (excludes halogenated alkanes) is 1. The van der Waals surface area contributed by atoms with Crippen LogP contribution >= 0.6 is 0 Å². The molecule has 0 bridgehead atoms. The zero-order valence-corrected chi connectivity index (χ0v) is 15.9. The minimum atomic E-state index is -0.722. The molecule has 6 nitrogen and oxygen atoms in total. The van der Waals surface area contributed by atoms with Gasteiger partial charge in [-0.1, -0.05) is 25.5 Å². The van der Waals surface area contributed by atoms with Crippen molar-refractivity contribution in [1.29, 1.82) is 0 Å². The number of methoxy groups -OCH3 is 1. The van der Waals surface area contributed by atoms with Crippen LogP contribution < -0.4 is 14.8 Å². The molecule has 0 aliphatic carbocycles. The summed E-state index contributed by atoms with van der Waals surface area (Å²) in [7, 11) is 1.54. The van der Waals surface area contributed by atoms with Crippen molar-refractivity contribution >= 4 is 17.6 Å². The van der Waals surface area contributed by atoms with Crippen molar-refractivity contribution in [2.75, 3.05) is 19.0 Å². The number of benzene rings is 2. The lowest BCUT2D eigenvalue weighted by Crippen LogP contribution is -2.30. The predicted octanol–water partition coefficient (Wildman–Crippen LogP) is 4.06. The van der Waals surface area contributed by atoms with Gasteiger partial charge in [-0.2, -0.15) is 0 Å². The third kappa shape index (κ3) is 6.02. The molecule has 2 rings (SSSR count). The summed E-state index contributed by atoms with van der Waals surface area (Å²) in [5, 5.41) is 2.76. The van der Waals surface area contributed by atoms with Crippen LogP contribution in [0.25, 0.3) is 0 Å². The highest BCUT2D eigenvalue weighted by atomic mass is 16.5. The van der Waals surface area contributed by atoms with Crippen LogP contribution in [0.4, 0.5) is 5.69 Å². The first-order valence-electron chi connectivity index (χ1n) is 8.93. The molecule has 1 atom stereocenters. The van der Waals surface area contributed by atoms with E-state index in [0.717, 1.165) is 12.8 Å². The summed E-state index contributed by atoms with van der Waals surface area (Å²) in [4.78, 5) is 24.2. The van der Waals surface area contributed by atoms with Gasteiger partial charge in [0.2, 0.25) is 0 Å². The first-order chi connectivity index (χ1) is 13.0. The van der Waals surface area contributed by atoms with Crippen LogP contribution in [0.3, 0.4) is 0 Å². The second kappa shape index (κ2) is 10.2. The minimum absolute atomic E-state index is 0.306. The quantitative estimate of drug-likeness (QED) is 0.531. The molecule has 0 unspecified atom stereocenters. The average molecular weight is 371 g/mol. The van der Waals surface area contributed by atoms with Crippen molar-refractivity contribution in [1.82, 2.24) is 0 Å². The van der Waals surface area contributed by atoms with Gasteiger partial charge in [-0.25, -0.2) is 4.79 Å². The van der Waals surface area contributed by atoms with Crippen molar-refractivity contribution in [2.24, 2.45) is 0 Å². The second-order valence-electron chi connectivity index (χ2n) is 5.97. The van der Waals surface area contributed by atoms with Gasteiger partial charge in [-0.15, -0.1) is 0 Å². The van der Waals surface area contributed by atoms with E-state index < -0.39 is 6.10 Å². The van der Waals surface area contributed by atoms with E-state index in [2.05, 4.69) is 5.32 Å². The lowest BCUT2D eigenvalue weighted by molar-refractivity contribution is -0.122. The number of nitrogens with one attached hydrogen (secondary N) is 1. The number of ether oxygens (including phenoxy) is 3. The monoisotopic (exact) mass is 371 g/mol. The second-order valence-corrected chi connectivity index (χ2v) is 5.97. The van der Waals surface area contributed by atoms with Gasteiger partial charge in [0, 0.05) is 5.69 Å². The Morgan fingerprint density at radius 3 is 2.33 bits per heavy atom. The smallest absolute Gasteiger partial charge is 0.338 e. The fourth-order valence-electron chi connectivity index (χ4n) is 2.29. The van der Waals surface area contributed by atoms with Crippen molar-refractivity contribution in [3.8, 4) is 11.5 Å². The van der Waals surface area contributed by atoms with Gasteiger partial charge in [0.25, 0.3) is 5.91 Å². The zero-order valence-electron chi connectivity index (χ0n) is 15.9. The summed E-state index contributed by atoms with van der Waals surface area (Å²) < 4.78 is 16.0. The minimum Gasteiger partial charge on any atom is -0.493 e. The Kier molecular flexibility index (Phi) is 7.67. The van der Waals surface area contributed by atoms with Crippen LogP contribution in [-0.2, 0) is 9.53 Å². The van der Waals surface area contributed by atoms with Crippen molar-refractivity contribution in [2.45, 2.75) is 32.8 Å². The maximum atomic E-state index is 12.3. The molecule has 27 heavy (non-hydrogen) atoms. The molecule has 0 saturated carbocycles. The molecule has 2 aromatic carbocycles. The molecule has 0 aromatic heterocycles. The molecular weight excluding hydrogens is 346 g/mol. The summed E-state index contributed by atoms with van der Waals surface area (Å²) in [6, 6.07) is 13.7. The van der Waals surface area contributed by atoms with Crippen LogP contribution in [0.5, 0.6) is 11.5 Å². The molecule has 0 aliphatic heterocycles. The highest BCUT2D eigenvalue weighted by molar-refractivity contribution is 5.95. The van der Waals surface area contributed by atoms with Crippen LogP contribution in [0.2, 0.25) is 0 Å². The third-order valence-corrected chi connectivity index (χ3v) is 3.86. The van der Waals surface area contributed by atoms with E-state index >= 15 is 0 Å². The molecular formula is C21H25NO5. The standard InChI is InChI=1S/C21H25NO5/c1-4-5-14-26-21(24)16-10-12-17(13-11-16)22-20(23)15(2)27-19-9-7-6-8-18(19)25-3/h6-13,15H,4-5,14H2,1-3H3,(H,22,23)/t15-/m1/s1. The Morgan fingerprint density at radius 2 is 1.70 bits per heavy atom. The van der Waals surface area contributed by atoms with Crippen molar-refractivity contribution in [3.05, 3.63) is 54.1 Å². The lowest BCUT2D eigenvalue weighted by atomic mass is 10.2. The predicted molar refractivity (Wildman–Crippen MR) is 103 cm³/mol. The van der Waals surface area contributed by atoms with Gasteiger partial charge in [0.1, 0.15) is 0 Å². The molecule has 144 valence electrons. The van der Waals surface area contributed by atoms with E-state index in [-0.39, 0.29) is 11.9 Å². The average Bonchev–Trinajstić information content (AvgIpc) is 2.69. The molecule has 0 radical (unpaired) electrons. The molecule has 0 saturated heterocycles. The van der Waals surface area contributed by atoms with Gasteiger partial charge in [0.15, 0.2) is 17.6 Å². The fraction of sp³-hybridized carbons (Fsp3) is 0.333. The molecule has 0 aliphatic rings. The first kappa shape index (κ1) is 20.3. The van der Waals surface area contributed by atoms with E-state index in [1.54, 1.807) is 56.5 Å². The van der Waals surface area contributed by atoms with Crippen LogP contribution in [-0.4, -0.2) is 31.7 Å². The highest BCUT2D eigenvalue weighted by Gasteiger charge is 2.17. The number of esters is 1. The van der Waals surface area contributed by atoms with Crippen LogP contribution in [0.15, 0.2) is 48.5 Å². The van der Waals surface area contributed by atoms with E-state index in [1.165, 1.54) is 0 Å². The van der Waals surface area contributed by atoms with Crippen LogP contribution in [0, 0.1) is 0 Å². The Morgan fingerprint density at radius 1 is 1.04 bits per heavy atom. The van der Waals surface area contributed by atoms with Gasteiger partial charge >= 0.3 is 5.97 Å². The van der Waals surface area contributed by atoms with Gasteiger partial charge in [-0.05, 0) is 49.7 Å². The molecule has 0 heterocycles. The number of amides is 1. The van der Waals surface area contributed by atoms with Crippen molar-refractivity contribution in [3.63, 3.8) is 0 Å². The number of hydrogen-bond donors (Lipinski definition) is 1. The summed E-state index contributed by atoms with van der Waals surface area (Å²) in [6.07, 6.45) is 1.08. The Labute approximate surface area is 159 Å². The van der Waals surface area contributed by atoms with E-state index in [9.17, 15) is 9.59 Å². The van der Waals surface area contributed by atoms with E-state index in [0.29, 0.717) is 29.4 Å². The Hall–Kier alpha value is -3.02. The number of carbonyl (C=O) groups excluding carboxylic acids is 2. The summed E-state index contributed by atoms with van der Waals surface area (Å²) >= 11 is 0. The maximum Gasteiger partial charge on any atom is 0.338 e. The Bertz CT molecular complexity index is 757. The summed E-state index contributed by atoms with van der Waals surface area (Å²) in [6.45, 7) is 4.09. The van der Waals surface area contributed by atoms with Gasteiger partial charge in [0.05, 0.1) is 19.3 Å². The zero-order chi connectivity index (χ0) is 19.6. The fourth-order valence-corrected chi connectivity index (χ4v) is 2.29. The number of carbonyl (C=O) groups is 2. The normalized spacial score (nSPS) is 11.4. The van der Waals surface area contributed by atoms with Gasteiger partial charge in [-0.3, -0.25) is 4.79 Å². The topological polar surface area (TPSA) is 73.9 Å². The summed E-state index contributed by atoms with van der Waals surface area (Å²) in [5.74, 6) is 0.379. The SMILES string of the molecule is CCCCOC(=O)c1ccc(NC(=O)[C@@H](C)Oc2ccccc2OC)cc1. The number of anilines is 1. The highest BCUT2D eigenvalue weighted by Crippen LogP contribution is 2.27. The first-order valence-corrected chi connectivity index (χ1v) is 8.93. The summed E-state index contributed by atoms with van der Waals surface area (Å²) in [5.41, 5.74) is 1.02. The molecule has 2 aromatic rings. The molecule has 6 heteroatoms. The maximum absolute atomic E-state index is 12.3.